The van der Waals surface area contributed by atoms with Crippen molar-refractivity contribution in [2.75, 3.05) is 13.2 Å². The summed E-state index contributed by atoms with van der Waals surface area (Å²) in [5, 5.41) is 0. The van der Waals surface area contributed by atoms with Crippen LogP contribution in [0.15, 0.2) is 109 Å². The van der Waals surface area contributed by atoms with Crippen LogP contribution in [-0.2, 0) is 28.6 Å². The second-order valence-electron chi connectivity index (χ2n) is 18.1. The standard InChI is InChI=1S/C62H102O6/c1-4-7-10-13-16-19-21-23-25-26-27-28-29-30-31-32-33-34-35-36-37-39-40-43-46-49-52-55-61(64)67-58-59(57-66-60(63)54-51-48-45-42-18-15-12-9-6-3)68-62(65)56-53-50-47-44-41-38-24-22-20-17-14-11-8-5-2/h7,10,16,19,22-25,27-28,30-31,33-34,36-37,40,43,59H,4-6,8-9,11-15,17-18,20-21,26,29,32,35,38-39,41-42,44-58H2,1-3H3/b10-7-,19-16-,24-22-,25-23-,28-27-,31-30-,34-33-,37-36-,43-40-. The molecule has 0 bridgehead atoms. The molecule has 0 rings (SSSR count). The molecule has 0 N–H and O–H groups in total. The molecule has 0 aromatic heterocycles. The first-order chi connectivity index (χ1) is 33.5. The van der Waals surface area contributed by atoms with Gasteiger partial charge in [0.1, 0.15) is 13.2 Å². The van der Waals surface area contributed by atoms with Crippen LogP contribution < -0.4 is 0 Å². The Morgan fingerprint density at radius 2 is 0.574 bits per heavy atom. The number of allylic oxidation sites excluding steroid dienone is 18. The summed E-state index contributed by atoms with van der Waals surface area (Å²) in [7, 11) is 0. The zero-order chi connectivity index (χ0) is 49.3. The minimum Gasteiger partial charge on any atom is -0.462 e. The van der Waals surface area contributed by atoms with E-state index in [-0.39, 0.29) is 31.1 Å². The molecule has 0 aromatic carbocycles. The van der Waals surface area contributed by atoms with E-state index in [2.05, 4.69) is 130 Å². The Labute approximate surface area is 419 Å². The van der Waals surface area contributed by atoms with Crippen LogP contribution >= 0.6 is 0 Å². The van der Waals surface area contributed by atoms with Gasteiger partial charge in [-0.05, 0) is 109 Å². The zero-order valence-corrected chi connectivity index (χ0v) is 44.1. The van der Waals surface area contributed by atoms with E-state index in [1.165, 1.54) is 83.5 Å². The molecule has 0 amide bonds. The molecular weight excluding hydrogens is 841 g/mol. The zero-order valence-electron chi connectivity index (χ0n) is 44.1. The Morgan fingerprint density at radius 3 is 0.941 bits per heavy atom. The molecule has 0 radical (unpaired) electrons. The van der Waals surface area contributed by atoms with E-state index < -0.39 is 6.10 Å². The Kier molecular flexibility index (Phi) is 52.4. The first-order valence-electron chi connectivity index (χ1n) is 27.9. The maximum absolute atomic E-state index is 12.8. The van der Waals surface area contributed by atoms with Gasteiger partial charge >= 0.3 is 17.9 Å². The third-order valence-corrected chi connectivity index (χ3v) is 11.5. The maximum Gasteiger partial charge on any atom is 0.306 e. The van der Waals surface area contributed by atoms with E-state index in [1.807, 2.05) is 0 Å². The van der Waals surface area contributed by atoms with Gasteiger partial charge in [0.2, 0.25) is 0 Å². The van der Waals surface area contributed by atoms with Crippen LogP contribution in [-0.4, -0.2) is 37.2 Å². The van der Waals surface area contributed by atoms with E-state index in [4.69, 9.17) is 14.2 Å². The van der Waals surface area contributed by atoms with Crippen LogP contribution in [0.25, 0.3) is 0 Å². The molecule has 1 atom stereocenters. The van der Waals surface area contributed by atoms with E-state index in [9.17, 15) is 14.4 Å². The average Bonchev–Trinajstić information content (AvgIpc) is 3.34. The minimum absolute atomic E-state index is 0.0951. The monoisotopic (exact) mass is 943 g/mol. The number of carbonyl (C=O) groups is 3. The topological polar surface area (TPSA) is 78.9 Å². The van der Waals surface area contributed by atoms with Gasteiger partial charge in [0.15, 0.2) is 6.10 Å². The van der Waals surface area contributed by atoms with E-state index in [0.717, 1.165) is 122 Å². The van der Waals surface area contributed by atoms with Gasteiger partial charge < -0.3 is 14.2 Å². The molecule has 0 heterocycles. The fraction of sp³-hybridized carbons (Fsp3) is 0.661. The van der Waals surface area contributed by atoms with Crippen molar-refractivity contribution in [3.8, 4) is 0 Å². The lowest BCUT2D eigenvalue weighted by atomic mass is 10.1. The smallest absolute Gasteiger partial charge is 0.306 e. The van der Waals surface area contributed by atoms with Crippen LogP contribution in [0.4, 0.5) is 0 Å². The number of carbonyl (C=O) groups excluding carboxylic acids is 3. The quantitative estimate of drug-likeness (QED) is 0.0262. The van der Waals surface area contributed by atoms with Crippen LogP contribution in [0.3, 0.4) is 0 Å². The number of hydrogen-bond donors (Lipinski definition) is 0. The molecule has 0 aromatic rings. The Balaban J connectivity index is 4.36. The largest absolute Gasteiger partial charge is 0.462 e. The average molecular weight is 943 g/mol. The first-order valence-corrected chi connectivity index (χ1v) is 27.9. The summed E-state index contributed by atoms with van der Waals surface area (Å²) >= 11 is 0. The lowest BCUT2D eigenvalue weighted by molar-refractivity contribution is -0.167. The summed E-state index contributed by atoms with van der Waals surface area (Å²) in [4.78, 5) is 37.9. The number of unbranched alkanes of at least 4 members (excludes halogenated alkanes) is 20. The molecule has 0 saturated carbocycles. The lowest BCUT2D eigenvalue weighted by Gasteiger charge is -2.18. The summed E-state index contributed by atoms with van der Waals surface area (Å²) in [5.74, 6) is -0.955. The van der Waals surface area contributed by atoms with Gasteiger partial charge in [-0.15, -0.1) is 0 Å². The van der Waals surface area contributed by atoms with Gasteiger partial charge in [-0.25, -0.2) is 0 Å². The molecule has 0 fully saturated rings. The Hall–Kier alpha value is -3.93. The second kappa shape index (κ2) is 55.7. The van der Waals surface area contributed by atoms with Crippen molar-refractivity contribution in [1.29, 1.82) is 0 Å². The molecule has 0 aliphatic heterocycles. The summed E-state index contributed by atoms with van der Waals surface area (Å²) in [6.07, 6.45) is 75.2. The second-order valence-corrected chi connectivity index (χ2v) is 18.1. The van der Waals surface area contributed by atoms with Crippen molar-refractivity contribution < 1.29 is 28.6 Å². The molecule has 0 saturated heterocycles. The fourth-order valence-corrected chi connectivity index (χ4v) is 7.33. The van der Waals surface area contributed by atoms with Crippen molar-refractivity contribution >= 4 is 17.9 Å². The molecule has 0 aliphatic carbocycles. The van der Waals surface area contributed by atoms with Gasteiger partial charge in [-0.2, -0.15) is 0 Å². The summed E-state index contributed by atoms with van der Waals surface area (Å²) in [5.41, 5.74) is 0. The molecule has 6 heteroatoms. The lowest BCUT2D eigenvalue weighted by Crippen LogP contribution is -2.30. The van der Waals surface area contributed by atoms with Crippen LogP contribution in [0.2, 0.25) is 0 Å². The molecule has 0 spiro atoms. The van der Waals surface area contributed by atoms with Crippen LogP contribution in [0, 0.1) is 0 Å². The SMILES string of the molecule is CC/C=C\C/C=C\C/C=C\C/C=C\C/C=C\C/C=C\C/C=C\C/C=C\CCCCC(=O)OCC(COC(=O)CCCCCCCCCCC)OC(=O)CCCCCCC/C=C\CCCCCCC. The third-order valence-electron chi connectivity index (χ3n) is 11.5. The highest BCUT2D eigenvalue weighted by molar-refractivity contribution is 5.71. The third kappa shape index (κ3) is 53.0. The molecule has 386 valence electrons. The minimum atomic E-state index is -0.799. The van der Waals surface area contributed by atoms with E-state index in [1.54, 1.807) is 0 Å². The molecular formula is C62H102O6. The summed E-state index contributed by atoms with van der Waals surface area (Å²) < 4.78 is 16.7. The fourth-order valence-electron chi connectivity index (χ4n) is 7.33. The molecule has 1 unspecified atom stereocenters. The van der Waals surface area contributed by atoms with Crippen molar-refractivity contribution in [2.24, 2.45) is 0 Å². The van der Waals surface area contributed by atoms with Gasteiger partial charge in [0.25, 0.3) is 0 Å². The first kappa shape index (κ1) is 64.1. The van der Waals surface area contributed by atoms with Crippen LogP contribution in [0.1, 0.15) is 245 Å². The van der Waals surface area contributed by atoms with Crippen molar-refractivity contribution in [3.05, 3.63) is 109 Å². The number of hydrogen-bond acceptors (Lipinski definition) is 6. The molecule has 68 heavy (non-hydrogen) atoms. The van der Waals surface area contributed by atoms with Gasteiger partial charge in [0, 0.05) is 19.3 Å². The highest BCUT2D eigenvalue weighted by atomic mass is 16.6. The summed E-state index contributed by atoms with van der Waals surface area (Å²) in [6, 6.07) is 0. The van der Waals surface area contributed by atoms with E-state index in [0.29, 0.717) is 19.3 Å². The normalized spacial score (nSPS) is 12.9. The Bertz CT molecular complexity index is 1410. The molecule has 6 nitrogen and oxygen atoms in total. The van der Waals surface area contributed by atoms with E-state index >= 15 is 0 Å². The van der Waals surface area contributed by atoms with Gasteiger partial charge in [0.05, 0.1) is 0 Å². The van der Waals surface area contributed by atoms with Crippen molar-refractivity contribution in [2.45, 2.75) is 252 Å². The van der Waals surface area contributed by atoms with Crippen molar-refractivity contribution in [3.63, 3.8) is 0 Å². The number of esters is 3. The van der Waals surface area contributed by atoms with Gasteiger partial charge in [-0.3, -0.25) is 14.4 Å². The highest BCUT2D eigenvalue weighted by Crippen LogP contribution is 2.14. The van der Waals surface area contributed by atoms with Gasteiger partial charge in [-0.1, -0.05) is 226 Å². The van der Waals surface area contributed by atoms with Crippen LogP contribution in [0.5, 0.6) is 0 Å². The highest BCUT2D eigenvalue weighted by Gasteiger charge is 2.19. The summed E-state index contributed by atoms with van der Waals surface area (Å²) in [6.45, 7) is 6.44. The predicted molar refractivity (Wildman–Crippen MR) is 293 cm³/mol. The van der Waals surface area contributed by atoms with Crippen molar-refractivity contribution in [1.82, 2.24) is 0 Å². The number of rotatable bonds is 49. The predicted octanol–water partition coefficient (Wildman–Crippen LogP) is 18.7. The maximum atomic E-state index is 12.8. The Morgan fingerprint density at radius 1 is 0.309 bits per heavy atom. The number of ether oxygens (including phenoxy) is 3. The molecule has 0 aliphatic rings.